The molecule has 1 saturated heterocycles. The van der Waals surface area contributed by atoms with Crippen molar-refractivity contribution in [1.82, 2.24) is 0 Å². The van der Waals surface area contributed by atoms with E-state index in [1.54, 1.807) is 60.8 Å². The Hall–Kier alpha value is -2.79. The van der Waals surface area contributed by atoms with Crippen molar-refractivity contribution in [2.75, 3.05) is 26.9 Å². The standard InChI is InChI=1S/C39H62O10/c1-10-11-12-13-14-15-16-17-31(35-46-24-25-47-35)28(2)33(40)26-32(34(41)48-37(3,4)5)39(43,36(42)49-38(6,7)8)22-23-45-27-29-18-20-30(44-9)21-19-29/h18-21,31-32,35,43H,2,10-17,22-27H2,1,3-9H3/t31?,32-,39-/m1/s1. The zero-order valence-corrected chi connectivity index (χ0v) is 31.3. The molecule has 1 fully saturated rings. The predicted molar refractivity (Wildman–Crippen MR) is 188 cm³/mol. The summed E-state index contributed by atoms with van der Waals surface area (Å²) in [6, 6.07) is 7.28. The Labute approximate surface area is 294 Å². The SMILES string of the molecule is C=C(C(=O)C[C@H](C(=O)OC(C)(C)C)[C@](O)(CCOCc1ccc(OC)cc1)C(=O)OC(C)(C)C)C(CCCCCCCCC)C1OCCO1. The van der Waals surface area contributed by atoms with Gasteiger partial charge in [0.25, 0.3) is 0 Å². The van der Waals surface area contributed by atoms with E-state index in [0.29, 0.717) is 25.4 Å². The quantitative estimate of drug-likeness (QED) is 0.0754. The second kappa shape index (κ2) is 20.2. The molecule has 10 nitrogen and oxygen atoms in total. The molecule has 278 valence electrons. The number of hydrogen-bond acceptors (Lipinski definition) is 10. The lowest BCUT2D eigenvalue weighted by atomic mass is 9.78. The third-order valence-electron chi connectivity index (χ3n) is 8.37. The number of ketones is 1. The molecule has 1 aromatic rings. The van der Waals surface area contributed by atoms with E-state index < -0.39 is 59.1 Å². The summed E-state index contributed by atoms with van der Waals surface area (Å²) in [5.74, 6) is -3.75. The van der Waals surface area contributed by atoms with E-state index in [1.807, 2.05) is 12.1 Å². The van der Waals surface area contributed by atoms with Gasteiger partial charge in [0.1, 0.15) is 22.9 Å². The van der Waals surface area contributed by atoms with Crippen molar-refractivity contribution >= 4 is 17.7 Å². The van der Waals surface area contributed by atoms with Gasteiger partial charge < -0.3 is 33.5 Å². The zero-order valence-electron chi connectivity index (χ0n) is 31.3. The van der Waals surface area contributed by atoms with Crippen LogP contribution in [0.1, 0.15) is 118 Å². The molecule has 0 radical (unpaired) electrons. The maximum Gasteiger partial charge on any atom is 0.339 e. The lowest BCUT2D eigenvalue weighted by Gasteiger charge is -2.36. The van der Waals surface area contributed by atoms with Crippen LogP contribution in [0.25, 0.3) is 0 Å². The van der Waals surface area contributed by atoms with E-state index in [0.717, 1.165) is 24.8 Å². The molecule has 0 spiro atoms. The van der Waals surface area contributed by atoms with Crippen molar-refractivity contribution in [3.05, 3.63) is 42.0 Å². The summed E-state index contributed by atoms with van der Waals surface area (Å²) in [6.07, 6.45) is 6.88. The summed E-state index contributed by atoms with van der Waals surface area (Å²) in [4.78, 5) is 41.6. The molecule has 2 rings (SSSR count). The maximum atomic E-state index is 14.0. The van der Waals surface area contributed by atoms with Crippen LogP contribution in [0.5, 0.6) is 5.75 Å². The average Bonchev–Trinajstić information content (AvgIpc) is 3.56. The first-order valence-corrected chi connectivity index (χ1v) is 17.8. The molecule has 1 unspecified atom stereocenters. The van der Waals surface area contributed by atoms with Crippen LogP contribution < -0.4 is 4.74 Å². The van der Waals surface area contributed by atoms with Gasteiger partial charge >= 0.3 is 11.9 Å². The summed E-state index contributed by atoms with van der Waals surface area (Å²) < 4.78 is 34.0. The third-order valence-corrected chi connectivity index (χ3v) is 8.37. The van der Waals surface area contributed by atoms with Crippen molar-refractivity contribution in [2.24, 2.45) is 11.8 Å². The smallest absolute Gasteiger partial charge is 0.339 e. The summed E-state index contributed by atoms with van der Waals surface area (Å²) in [7, 11) is 1.58. The molecule has 0 aromatic heterocycles. The summed E-state index contributed by atoms with van der Waals surface area (Å²) >= 11 is 0. The minimum Gasteiger partial charge on any atom is -0.497 e. The van der Waals surface area contributed by atoms with Gasteiger partial charge in [-0.15, -0.1) is 0 Å². The normalized spacial score (nSPS) is 16.4. The van der Waals surface area contributed by atoms with Crippen LogP contribution in [-0.4, -0.2) is 72.9 Å². The second-order valence-electron chi connectivity index (χ2n) is 14.9. The average molecular weight is 691 g/mol. The first kappa shape index (κ1) is 42.4. The molecule has 0 saturated carbocycles. The van der Waals surface area contributed by atoms with Gasteiger partial charge in [0, 0.05) is 18.8 Å². The van der Waals surface area contributed by atoms with E-state index in [2.05, 4.69) is 13.5 Å². The van der Waals surface area contributed by atoms with Crippen molar-refractivity contribution in [1.29, 1.82) is 0 Å². The first-order valence-electron chi connectivity index (χ1n) is 17.8. The highest BCUT2D eigenvalue weighted by Crippen LogP contribution is 2.35. The van der Waals surface area contributed by atoms with Crippen molar-refractivity contribution in [3.8, 4) is 5.75 Å². The fourth-order valence-electron chi connectivity index (χ4n) is 5.67. The predicted octanol–water partition coefficient (Wildman–Crippen LogP) is 7.28. The van der Waals surface area contributed by atoms with Crippen LogP contribution in [0.3, 0.4) is 0 Å². The fourth-order valence-corrected chi connectivity index (χ4v) is 5.67. The largest absolute Gasteiger partial charge is 0.497 e. The van der Waals surface area contributed by atoms with Gasteiger partial charge in [0.05, 0.1) is 33.5 Å². The number of methoxy groups -OCH3 is 1. The minimum absolute atomic E-state index is 0.110. The van der Waals surface area contributed by atoms with Gasteiger partial charge in [-0.1, -0.05) is 70.6 Å². The lowest BCUT2D eigenvalue weighted by Crippen LogP contribution is -2.54. The monoisotopic (exact) mass is 690 g/mol. The van der Waals surface area contributed by atoms with Crippen LogP contribution in [0.15, 0.2) is 36.4 Å². The number of hydrogen-bond donors (Lipinski definition) is 1. The van der Waals surface area contributed by atoms with Gasteiger partial charge in [0.2, 0.25) is 0 Å². The van der Waals surface area contributed by atoms with E-state index in [1.165, 1.54) is 25.7 Å². The molecule has 49 heavy (non-hydrogen) atoms. The highest BCUT2D eigenvalue weighted by Gasteiger charge is 2.52. The number of ether oxygens (including phenoxy) is 6. The molecule has 1 heterocycles. The Bertz CT molecular complexity index is 1170. The Balaban J connectivity index is 2.32. The van der Waals surface area contributed by atoms with E-state index >= 15 is 0 Å². The molecular weight excluding hydrogens is 628 g/mol. The summed E-state index contributed by atoms with van der Waals surface area (Å²) in [6.45, 7) is 17.3. The molecule has 1 aromatic carbocycles. The molecule has 1 aliphatic rings. The molecular formula is C39H62O10. The summed E-state index contributed by atoms with van der Waals surface area (Å²) in [5.41, 5.74) is -3.31. The van der Waals surface area contributed by atoms with Crippen LogP contribution in [0, 0.1) is 11.8 Å². The molecule has 0 amide bonds. The Kier molecular flexibility index (Phi) is 17.4. The van der Waals surface area contributed by atoms with Crippen LogP contribution >= 0.6 is 0 Å². The van der Waals surface area contributed by atoms with Crippen LogP contribution in [-0.2, 0) is 44.7 Å². The number of carbonyl (C=O) groups is 3. The van der Waals surface area contributed by atoms with Gasteiger partial charge in [-0.05, 0) is 71.2 Å². The number of esters is 2. The van der Waals surface area contributed by atoms with Gasteiger partial charge in [-0.3, -0.25) is 9.59 Å². The van der Waals surface area contributed by atoms with Crippen molar-refractivity contribution < 1.29 is 47.9 Å². The number of benzene rings is 1. The van der Waals surface area contributed by atoms with Crippen LogP contribution in [0.4, 0.5) is 0 Å². The summed E-state index contributed by atoms with van der Waals surface area (Å²) in [5, 5.41) is 12.2. The Morgan fingerprint density at radius 2 is 1.47 bits per heavy atom. The molecule has 10 heteroatoms. The van der Waals surface area contributed by atoms with E-state index in [-0.39, 0.29) is 25.2 Å². The topological polar surface area (TPSA) is 127 Å². The first-order chi connectivity index (χ1) is 23.0. The molecule has 1 aliphatic heterocycles. The van der Waals surface area contributed by atoms with Gasteiger partial charge in [-0.25, -0.2) is 4.79 Å². The fraction of sp³-hybridized carbons (Fsp3) is 0.718. The van der Waals surface area contributed by atoms with Crippen LogP contribution in [0.2, 0.25) is 0 Å². The number of unbranched alkanes of at least 4 members (excludes halogenated alkanes) is 6. The number of aliphatic hydroxyl groups is 1. The second-order valence-corrected chi connectivity index (χ2v) is 14.9. The van der Waals surface area contributed by atoms with E-state index in [4.69, 9.17) is 28.4 Å². The number of carbonyl (C=O) groups excluding carboxylic acids is 3. The molecule has 0 aliphatic carbocycles. The highest BCUT2D eigenvalue weighted by atomic mass is 16.7. The molecule has 3 atom stereocenters. The van der Waals surface area contributed by atoms with E-state index in [9.17, 15) is 19.5 Å². The Morgan fingerprint density at radius 3 is 2.02 bits per heavy atom. The zero-order chi connectivity index (χ0) is 36.7. The Morgan fingerprint density at radius 1 is 0.898 bits per heavy atom. The number of rotatable bonds is 22. The molecule has 1 N–H and O–H groups in total. The highest BCUT2D eigenvalue weighted by molar-refractivity contribution is 5.99. The van der Waals surface area contributed by atoms with Gasteiger partial charge in [0.15, 0.2) is 17.7 Å². The number of Topliss-reactive ketones (excluding diaryl/α,β-unsaturated/α-hetero) is 1. The minimum atomic E-state index is -2.44. The van der Waals surface area contributed by atoms with Crippen molar-refractivity contribution in [3.63, 3.8) is 0 Å². The van der Waals surface area contributed by atoms with Crippen molar-refractivity contribution in [2.45, 2.75) is 142 Å². The molecule has 0 bridgehead atoms. The maximum absolute atomic E-state index is 14.0. The third kappa shape index (κ3) is 14.9. The van der Waals surface area contributed by atoms with Gasteiger partial charge in [-0.2, -0.15) is 0 Å². The lowest BCUT2D eigenvalue weighted by molar-refractivity contribution is -0.197.